The second-order valence-electron chi connectivity index (χ2n) is 11.4. The van der Waals surface area contributed by atoms with Gasteiger partial charge >= 0.3 is 0 Å². The smallest absolute Gasteiger partial charge is 0.231 e. The highest BCUT2D eigenvalue weighted by atomic mass is 35.5. The molecule has 2 fully saturated rings. The summed E-state index contributed by atoms with van der Waals surface area (Å²) in [7, 11) is 0.254. The van der Waals surface area contributed by atoms with Crippen LogP contribution in [-0.2, 0) is 9.84 Å². The van der Waals surface area contributed by atoms with E-state index < -0.39 is 15.1 Å². The summed E-state index contributed by atoms with van der Waals surface area (Å²) >= 11 is 6.45. The van der Waals surface area contributed by atoms with Gasteiger partial charge in [0.05, 0.1) is 28.6 Å². The molecular formula is C30H41ClN8O3S. The molecule has 43 heavy (non-hydrogen) atoms. The van der Waals surface area contributed by atoms with Gasteiger partial charge in [0.15, 0.2) is 15.7 Å². The van der Waals surface area contributed by atoms with Gasteiger partial charge in [-0.3, -0.25) is 4.90 Å². The molecule has 0 unspecified atom stereocenters. The molecule has 2 saturated heterocycles. The first-order chi connectivity index (χ1) is 20.6. The van der Waals surface area contributed by atoms with Crippen LogP contribution in [-0.4, -0.2) is 92.9 Å². The van der Waals surface area contributed by atoms with E-state index >= 15 is 0 Å². The van der Waals surface area contributed by atoms with Crippen LogP contribution in [0.4, 0.5) is 34.6 Å². The normalized spacial score (nSPS) is 17.3. The van der Waals surface area contributed by atoms with Crippen molar-refractivity contribution in [2.45, 2.75) is 42.9 Å². The number of para-hydroxylation sites is 1. The van der Waals surface area contributed by atoms with E-state index in [-0.39, 0.29) is 27.5 Å². The summed E-state index contributed by atoms with van der Waals surface area (Å²) in [6, 6.07) is 13.3. The molecule has 1 aromatic heterocycles. The van der Waals surface area contributed by atoms with Crippen molar-refractivity contribution in [1.82, 2.24) is 19.8 Å². The van der Waals surface area contributed by atoms with E-state index in [1.165, 1.54) is 0 Å². The molecule has 11 nitrogen and oxygen atoms in total. The van der Waals surface area contributed by atoms with Crippen molar-refractivity contribution in [3.8, 4) is 5.75 Å². The number of nitrogens with one attached hydrogen (secondary N) is 2. The van der Waals surface area contributed by atoms with Gasteiger partial charge in [-0.25, -0.2) is 8.42 Å². The molecule has 0 saturated carbocycles. The predicted molar refractivity (Wildman–Crippen MR) is 174 cm³/mol. The number of methoxy groups -OCH3 is 1. The highest BCUT2D eigenvalue weighted by Gasteiger charge is 2.27. The third-order valence-corrected chi connectivity index (χ3v) is 10.8. The predicted octanol–water partition coefficient (Wildman–Crippen LogP) is 4.61. The van der Waals surface area contributed by atoms with Gasteiger partial charge in [-0.15, -0.1) is 0 Å². The summed E-state index contributed by atoms with van der Waals surface area (Å²) < 4.78 is 31.6. The van der Waals surface area contributed by atoms with Gasteiger partial charge in [0.2, 0.25) is 5.95 Å². The molecule has 0 spiro atoms. The number of piperidine rings is 1. The molecule has 0 amide bonds. The van der Waals surface area contributed by atoms with E-state index in [1.54, 1.807) is 45.2 Å². The molecule has 4 N–H and O–H groups in total. The number of aromatic nitrogens is 2. The van der Waals surface area contributed by atoms with E-state index in [9.17, 15) is 8.42 Å². The Hall–Kier alpha value is -3.32. The maximum absolute atomic E-state index is 13.0. The van der Waals surface area contributed by atoms with Crippen molar-refractivity contribution >= 4 is 56.1 Å². The van der Waals surface area contributed by atoms with Gasteiger partial charge < -0.3 is 30.9 Å². The largest absolute Gasteiger partial charge is 0.494 e. The maximum atomic E-state index is 13.0. The van der Waals surface area contributed by atoms with Crippen molar-refractivity contribution in [2.24, 2.45) is 0 Å². The Kier molecular flexibility index (Phi) is 9.50. The number of benzene rings is 2. The molecule has 2 aliphatic heterocycles. The van der Waals surface area contributed by atoms with E-state index in [4.69, 9.17) is 22.1 Å². The van der Waals surface area contributed by atoms with E-state index in [0.29, 0.717) is 23.2 Å². The number of nitrogens with two attached hydrogens (primary N) is 1. The van der Waals surface area contributed by atoms with Crippen molar-refractivity contribution in [2.75, 3.05) is 74.7 Å². The molecule has 0 aliphatic carbocycles. The molecule has 3 heterocycles. The summed E-state index contributed by atoms with van der Waals surface area (Å²) in [5.41, 5.74) is 8.25. The fraction of sp³-hybridized carbons (Fsp3) is 0.467. The number of hydrogen-bond acceptors (Lipinski definition) is 11. The third-order valence-electron chi connectivity index (χ3n) is 8.26. The minimum Gasteiger partial charge on any atom is -0.494 e. The van der Waals surface area contributed by atoms with Crippen LogP contribution in [0.1, 0.15) is 26.7 Å². The first-order valence-electron chi connectivity index (χ1n) is 14.6. The molecule has 0 atom stereocenters. The zero-order valence-corrected chi connectivity index (χ0v) is 26.7. The Morgan fingerprint density at radius 1 is 0.977 bits per heavy atom. The number of nitrogen functional groups attached to an aromatic ring is 1. The van der Waals surface area contributed by atoms with Crippen molar-refractivity contribution in [3.05, 3.63) is 47.5 Å². The summed E-state index contributed by atoms with van der Waals surface area (Å²) in [5.74, 6) is 1.05. The molecule has 3 aromatic rings. The summed E-state index contributed by atoms with van der Waals surface area (Å²) in [6.07, 6.45) is 2.28. The van der Waals surface area contributed by atoms with Crippen LogP contribution in [0.3, 0.4) is 0 Å². The first-order valence-corrected chi connectivity index (χ1v) is 16.5. The van der Waals surface area contributed by atoms with E-state index in [2.05, 4.69) is 48.4 Å². The van der Waals surface area contributed by atoms with Crippen LogP contribution >= 0.6 is 11.6 Å². The Balaban J connectivity index is 1.31. The lowest BCUT2D eigenvalue weighted by atomic mass is 10.0. The molecule has 5 rings (SSSR count). The van der Waals surface area contributed by atoms with Crippen LogP contribution in [0, 0.1) is 0 Å². The fourth-order valence-electron chi connectivity index (χ4n) is 5.58. The second-order valence-corrected chi connectivity index (χ2v) is 14.2. The highest BCUT2D eigenvalue weighted by molar-refractivity contribution is 7.92. The van der Waals surface area contributed by atoms with E-state index in [0.717, 1.165) is 57.8 Å². The molecule has 2 aliphatic rings. The zero-order valence-electron chi connectivity index (χ0n) is 25.2. The Bertz CT molecular complexity index is 1540. The quantitative estimate of drug-likeness (QED) is 0.307. The van der Waals surface area contributed by atoms with Gasteiger partial charge in [0.1, 0.15) is 16.6 Å². The summed E-state index contributed by atoms with van der Waals surface area (Å²) in [4.78, 5) is 16.4. The first kappa shape index (κ1) is 31.1. The molecule has 0 bridgehead atoms. The fourth-order valence-corrected chi connectivity index (χ4v) is 6.91. The lowest BCUT2D eigenvalue weighted by Gasteiger charge is -2.42. The summed E-state index contributed by atoms with van der Waals surface area (Å²) in [5, 5.41) is 5.73. The van der Waals surface area contributed by atoms with Gasteiger partial charge in [-0.1, -0.05) is 23.7 Å². The lowest BCUT2D eigenvalue weighted by molar-refractivity contribution is 0.0982. The van der Waals surface area contributed by atoms with Gasteiger partial charge in [-0.05, 0) is 58.0 Å². The Morgan fingerprint density at radius 3 is 2.35 bits per heavy atom. The Morgan fingerprint density at radius 2 is 1.67 bits per heavy atom. The van der Waals surface area contributed by atoms with Crippen molar-refractivity contribution in [3.63, 3.8) is 0 Å². The Labute approximate surface area is 259 Å². The van der Waals surface area contributed by atoms with E-state index in [1.807, 2.05) is 12.1 Å². The standard InChI is InChI=1S/C30H41ClN8O3S/c1-20(2)43(40,41)26-8-6-5-7-24(26)33-29-27(31)28(32)35-30(36-29)34-23-10-9-22(19-25(23)42-4)38-13-11-21(12-14-38)39-17-15-37(3)16-18-39/h5-10,19-21H,11-18H2,1-4H3,(H4,32,33,34,35,36). The van der Waals surface area contributed by atoms with Crippen LogP contribution in [0.15, 0.2) is 47.4 Å². The van der Waals surface area contributed by atoms with Crippen LogP contribution < -0.4 is 26.0 Å². The monoisotopic (exact) mass is 628 g/mol. The van der Waals surface area contributed by atoms with Gasteiger partial charge in [0, 0.05) is 57.1 Å². The number of hydrogen-bond donors (Lipinski definition) is 3. The molecule has 13 heteroatoms. The minimum absolute atomic E-state index is 0.0460. The number of nitrogens with zero attached hydrogens (tertiary/aromatic N) is 5. The molecule has 2 aromatic carbocycles. The van der Waals surface area contributed by atoms with Crippen LogP contribution in [0.5, 0.6) is 5.75 Å². The molecule has 0 radical (unpaired) electrons. The SMILES string of the molecule is COc1cc(N2CCC(N3CCN(C)CC3)CC2)ccc1Nc1nc(N)c(Cl)c(Nc2ccccc2S(=O)(=O)C(C)C)n1. The number of likely N-dealkylation sites (N-methyl/N-ethyl adjacent to an activating group) is 1. The van der Waals surface area contributed by atoms with Gasteiger partial charge in [0.25, 0.3) is 0 Å². The second kappa shape index (κ2) is 13.1. The molecular weight excluding hydrogens is 588 g/mol. The van der Waals surface area contributed by atoms with Crippen molar-refractivity contribution in [1.29, 1.82) is 0 Å². The minimum atomic E-state index is -3.56. The number of anilines is 6. The number of sulfone groups is 1. The lowest BCUT2D eigenvalue weighted by Crippen LogP contribution is -2.52. The third kappa shape index (κ3) is 6.93. The van der Waals surface area contributed by atoms with Crippen molar-refractivity contribution < 1.29 is 13.2 Å². The number of ether oxygens (including phenoxy) is 1. The number of rotatable bonds is 9. The highest BCUT2D eigenvalue weighted by Crippen LogP contribution is 2.36. The average molecular weight is 629 g/mol. The van der Waals surface area contributed by atoms with Crippen LogP contribution in [0.2, 0.25) is 5.02 Å². The summed E-state index contributed by atoms with van der Waals surface area (Å²) in [6.45, 7) is 9.83. The topological polar surface area (TPSA) is 129 Å². The van der Waals surface area contributed by atoms with Gasteiger partial charge in [-0.2, -0.15) is 9.97 Å². The average Bonchev–Trinajstić information content (AvgIpc) is 3.00. The molecule has 232 valence electrons. The number of piperazine rings is 1. The van der Waals surface area contributed by atoms with Crippen LogP contribution in [0.25, 0.3) is 0 Å². The zero-order chi connectivity index (χ0) is 30.7. The maximum Gasteiger partial charge on any atom is 0.231 e. The number of halogens is 1.